The number of nitrogens with one attached hydrogen (secondary N) is 1. The van der Waals surface area contributed by atoms with Crippen LogP contribution >= 0.6 is 0 Å². The lowest BCUT2D eigenvalue weighted by atomic mass is 10.1. The predicted octanol–water partition coefficient (Wildman–Crippen LogP) is 3.35. The number of hydrogen-bond acceptors (Lipinski definition) is 4. The van der Waals surface area contributed by atoms with Crippen molar-refractivity contribution in [3.63, 3.8) is 0 Å². The largest absolute Gasteiger partial charge is 0.508 e. The predicted molar refractivity (Wildman–Crippen MR) is 94.5 cm³/mol. The molecule has 25 heavy (non-hydrogen) atoms. The number of aromatic hydroxyl groups is 1. The van der Waals surface area contributed by atoms with E-state index in [0.29, 0.717) is 11.2 Å². The fraction of sp³-hybridized carbons (Fsp3) is 0. The van der Waals surface area contributed by atoms with E-state index >= 15 is 0 Å². The van der Waals surface area contributed by atoms with Gasteiger partial charge in [-0.1, -0.05) is 30.3 Å². The first kappa shape index (κ1) is 14.9. The van der Waals surface area contributed by atoms with Gasteiger partial charge in [0, 0.05) is 17.3 Å². The molecule has 0 fully saturated rings. The zero-order valence-electron chi connectivity index (χ0n) is 13.1. The van der Waals surface area contributed by atoms with Crippen LogP contribution in [0.15, 0.2) is 72.9 Å². The lowest BCUT2D eigenvalue weighted by Gasteiger charge is -2.02. The average Bonchev–Trinajstić information content (AvgIpc) is 3.03. The number of anilines is 1. The molecule has 0 aliphatic heterocycles. The highest BCUT2D eigenvalue weighted by molar-refractivity contribution is 6.03. The van der Waals surface area contributed by atoms with Gasteiger partial charge in [0.1, 0.15) is 5.75 Å². The zero-order valence-corrected chi connectivity index (χ0v) is 13.1. The second-order valence-corrected chi connectivity index (χ2v) is 5.53. The van der Waals surface area contributed by atoms with Crippen LogP contribution < -0.4 is 5.32 Å². The van der Waals surface area contributed by atoms with Crippen molar-refractivity contribution in [1.29, 1.82) is 0 Å². The van der Waals surface area contributed by atoms with Crippen LogP contribution in [0.3, 0.4) is 0 Å². The Morgan fingerprint density at radius 3 is 2.60 bits per heavy atom. The molecule has 6 heteroatoms. The number of fused-ring (bicyclic) bond motifs is 1. The van der Waals surface area contributed by atoms with Crippen molar-refractivity contribution < 1.29 is 9.90 Å². The Balaban J connectivity index is 1.63. The Morgan fingerprint density at radius 2 is 1.80 bits per heavy atom. The van der Waals surface area contributed by atoms with Gasteiger partial charge in [-0.15, -0.1) is 5.10 Å². The van der Waals surface area contributed by atoms with Crippen molar-refractivity contribution in [3.05, 3.63) is 78.5 Å². The maximum absolute atomic E-state index is 12.2. The molecule has 2 aromatic carbocycles. The first-order chi connectivity index (χ1) is 12.2. The molecule has 1 amide bonds. The maximum Gasteiger partial charge on any atom is 0.258 e. The van der Waals surface area contributed by atoms with E-state index < -0.39 is 0 Å². The van der Waals surface area contributed by atoms with Crippen LogP contribution in [0.25, 0.3) is 16.8 Å². The Labute approximate surface area is 143 Å². The summed E-state index contributed by atoms with van der Waals surface area (Å²) in [5, 5.41) is 16.6. The molecule has 0 saturated heterocycles. The van der Waals surface area contributed by atoms with E-state index in [-0.39, 0.29) is 17.6 Å². The number of aromatic nitrogens is 3. The summed E-state index contributed by atoms with van der Waals surface area (Å²) in [4.78, 5) is 16.5. The smallest absolute Gasteiger partial charge is 0.258 e. The van der Waals surface area contributed by atoms with Gasteiger partial charge in [0.15, 0.2) is 5.65 Å². The van der Waals surface area contributed by atoms with Crippen LogP contribution in [-0.2, 0) is 0 Å². The number of amides is 1. The molecule has 6 nitrogen and oxygen atoms in total. The maximum atomic E-state index is 12.2. The summed E-state index contributed by atoms with van der Waals surface area (Å²) in [6.07, 6.45) is 1.80. The van der Waals surface area contributed by atoms with Crippen LogP contribution in [0, 0.1) is 0 Å². The van der Waals surface area contributed by atoms with Crippen molar-refractivity contribution in [2.45, 2.75) is 0 Å². The van der Waals surface area contributed by atoms with E-state index in [9.17, 15) is 9.90 Å². The molecular formula is C19H14N4O2. The van der Waals surface area contributed by atoms with E-state index in [2.05, 4.69) is 15.4 Å². The van der Waals surface area contributed by atoms with Crippen molar-refractivity contribution >= 4 is 17.5 Å². The zero-order chi connectivity index (χ0) is 17.2. The van der Waals surface area contributed by atoms with Crippen LogP contribution in [0.4, 0.5) is 5.95 Å². The van der Waals surface area contributed by atoms with E-state index in [4.69, 9.17) is 0 Å². The van der Waals surface area contributed by atoms with Gasteiger partial charge in [0.05, 0.1) is 0 Å². The van der Waals surface area contributed by atoms with Crippen molar-refractivity contribution in [2.75, 3.05) is 5.32 Å². The molecule has 0 unspecified atom stereocenters. The summed E-state index contributed by atoms with van der Waals surface area (Å²) in [5.74, 6) is 0.179. The summed E-state index contributed by atoms with van der Waals surface area (Å²) < 4.78 is 1.60. The topological polar surface area (TPSA) is 79.5 Å². The highest BCUT2D eigenvalue weighted by Gasteiger charge is 2.10. The van der Waals surface area contributed by atoms with Gasteiger partial charge in [0.2, 0.25) is 5.95 Å². The van der Waals surface area contributed by atoms with Crippen LogP contribution in [0.5, 0.6) is 5.75 Å². The van der Waals surface area contributed by atoms with Crippen molar-refractivity contribution in [2.24, 2.45) is 0 Å². The Morgan fingerprint density at radius 1 is 0.960 bits per heavy atom. The van der Waals surface area contributed by atoms with Crippen LogP contribution in [0.1, 0.15) is 10.4 Å². The molecule has 0 bridgehead atoms. The molecule has 0 radical (unpaired) electrons. The monoisotopic (exact) mass is 330 g/mol. The number of rotatable bonds is 3. The third kappa shape index (κ3) is 3.05. The van der Waals surface area contributed by atoms with Crippen LogP contribution in [-0.4, -0.2) is 25.6 Å². The molecule has 0 aliphatic carbocycles. The van der Waals surface area contributed by atoms with E-state index in [1.54, 1.807) is 53.2 Å². The summed E-state index contributed by atoms with van der Waals surface area (Å²) in [5.41, 5.74) is 2.91. The molecule has 0 spiro atoms. The number of carbonyl (C=O) groups is 1. The Kier molecular flexibility index (Phi) is 3.63. The average molecular weight is 330 g/mol. The van der Waals surface area contributed by atoms with E-state index in [0.717, 1.165) is 11.1 Å². The summed E-state index contributed by atoms with van der Waals surface area (Å²) in [6.45, 7) is 0. The highest BCUT2D eigenvalue weighted by atomic mass is 16.3. The van der Waals surface area contributed by atoms with Gasteiger partial charge in [-0.05, 0) is 42.0 Å². The number of hydrogen-bond donors (Lipinski definition) is 2. The standard InChI is InChI=1S/C19H14N4O2/c24-16-8-4-7-14(11-16)15-9-10-17-20-19(22-23(17)12-15)21-18(25)13-5-2-1-3-6-13/h1-12,24H,(H,21,22,25). The van der Waals surface area contributed by atoms with Gasteiger partial charge >= 0.3 is 0 Å². The SMILES string of the molecule is O=C(Nc1nc2ccc(-c3cccc(O)c3)cn2n1)c1ccccc1. The lowest BCUT2D eigenvalue weighted by Crippen LogP contribution is -2.12. The molecule has 4 aromatic rings. The second-order valence-electron chi connectivity index (χ2n) is 5.53. The molecular weight excluding hydrogens is 316 g/mol. The van der Waals surface area contributed by atoms with Crippen molar-refractivity contribution in [1.82, 2.24) is 14.6 Å². The second kappa shape index (κ2) is 6.09. The fourth-order valence-electron chi connectivity index (χ4n) is 2.56. The summed E-state index contributed by atoms with van der Waals surface area (Å²) in [7, 11) is 0. The number of carbonyl (C=O) groups excluding carboxylic acids is 1. The minimum Gasteiger partial charge on any atom is -0.508 e. The number of benzene rings is 2. The van der Waals surface area contributed by atoms with Gasteiger partial charge in [-0.2, -0.15) is 4.98 Å². The van der Waals surface area contributed by atoms with Gasteiger partial charge in [0.25, 0.3) is 5.91 Å². The third-order valence-corrected chi connectivity index (χ3v) is 3.77. The minimum atomic E-state index is -0.260. The lowest BCUT2D eigenvalue weighted by molar-refractivity contribution is 0.102. The van der Waals surface area contributed by atoms with E-state index in [1.807, 2.05) is 24.3 Å². The molecule has 2 N–H and O–H groups in total. The Hall–Kier alpha value is -3.67. The quantitative estimate of drug-likeness (QED) is 0.604. The van der Waals surface area contributed by atoms with Gasteiger partial charge in [-0.3, -0.25) is 10.1 Å². The molecule has 122 valence electrons. The number of pyridine rings is 1. The number of phenols is 1. The van der Waals surface area contributed by atoms with Gasteiger partial charge < -0.3 is 5.11 Å². The molecule has 0 aliphatic rings. The first-order valence-corrected chi connectivity index (χ1v) is 7.71. The van der Waals surface area contributed by atoms with Crippen molar-refractivity contribution in [3.8, 4) is 16.9 Å². The first-order valence-electron chi connectivity index (χ1n) is 7.71. The normalized spacial score (nSPS) is 10.7. The fourth-order valence-corrected chi connectivity index (χ4v) is 2.56. The van der Waals surface area contributed by atoms with E-state index in [1.165, 1.54) is 0 Å². The molecule has 2 aromatic heterocycles. The third-order valence-electron chi connectivity index (χ3n) is 3.77. The summed E-state index contributed by atoms with van der Waals surface area (Å²) >= 11 is 0. The minimum absolute atomic E-state index is 0.201. The number of nitrogens with zero attached hydrogens (tertiary/aromatic N) is 3. The number of phenolic OH excluding ortho intramolecular Hbond substituents is 1. The highest BCUT2D eigenvalue weighted by Crippen LogP contribution is 2.23. The molecule has 4 rings (SSSR count). The van der Waals surface area contributed by atoms with Crippen LogP contribution in [0.2, 0.25) is 0 Å². The molecule has 2 heterocycles. The summed E-state index contributed by atoms with van der Waals surface area (Å²) in [6, 6.07) is 19.6. The van der Waals surface area contributed by atoms with Gasteiger partial charge in [-0.25, -0.2) is 4.52 Å². The molecule has 0 atom stereocenters. The molecule has 0 saturated carbocycles. The Bertz CT molecular complexity index is 1060.